The van der Waals surface area contributed by atoms with Gasteiger partial charge in [-0.3, -0.25) is 9.48 Å². The second-order valence-corrected chi connectivity index (χ2v) is 5.99. The second-order valence-electron chi connectivity index (χ2n) is 5.99. The van der Waals surface area contributed by atoms with E-state index in [1.54, 1.807) is 6.07 Å². The van der Waals surface area contributed by atoms with Gasteiger partial charge in [0.15, 0.2) is 6.29 Å². The average Bonchev–Trinajstić information content (AvgIpc) is 2.93. The minimum Gasteiger partial charge on any atom is -0.335 e. The first kappa shape index (κ1) is 14.1. The molecule has 1 aliphatic heterocycles. The molecule has 0 saturated heterocycles. The lowest BCUT2D eigenvalue weighted by Crippen LogP contribution is -2.49. The summed E-state index contributed by atoms with van der Waals surface area (Å²) < 4.78 is 1.83. The van der Waals surface area contributed by atoms with Crippen LogP contribution in [0.15, 0.2) is 6.07 Å². The van der Waals surface area contributed by atoms with Gasteiger partial charge in [0.05, 0.1) is 18.3 Å². The molecule has 21 heavy (non-hydrogen) atoms. The van der Waals surface area contributed by atoms with Crippen molar-refractivity contribution < 1.29 is 9.59 Å². The van der Waals surface area contributed by atoms with Crippen LogP contribution in [0.3, 0.4) is 0 Å². The normalized spacial score (nSPS) is 22.7. The third kappa shape index (κ3) is 2.80. The number of nitrogens with one attached hydrogen (secondary N) is 1. The van der Waals surface area contributed by atoms with E-state index >= 15 is 0 Å². The molecule has 0 radical (unpaired) electrons. The molecule has 1 aliphatic carbocycles. The van der Waals surface area contributed by atoms with Crippen molar-refractivity contribution in [1.29, 1.82) is 0 Å². The van der Waals surface area contributed by atoms with Crippen LogP contribution in [0.5, 0.6) is 0 Å². The molecule has 1 fully saturated rings. The van der Waals surface area contributed by atoms with E-state index in [9.17, 15) is 9.59 Å². The Morgan fingerprint density at radius 2 is 2.10 bits per heavy atom. The predicted octanol–water partition coefficient (Wildman–Crippen LogP) is 2.11. The van der Waals surface area contributed by atoms with Crippen LogP contribution in [0.4, 0.5) is 4.79 Å². The van der Waals surface area contributed by atoms with Crippen LogP contribution in [-0.2, 0) is 6.54 Å². The molecule has 0 aromatic carbocycles. The van der Waals surface area contributed by atoms with Crippen molar-refractivity contribution in [3.05, 3.63) is 17.5 Å². The average molecular weight is 290 g/mol. The summed E-state index contributed by atoms with van der Waals surface area (Å²) in [5.74, 6) is 0. The Bertz CT molecular complexity index is 534. The molecule has 1 atom stereocenters. The van der Waals surface area contributed by atoms with Crippen LogP contribution < -0.4 is 5.32 Å². The Kier molecular flexibility index (Phi) is 3.94. The van der Waals surface area contributed by atoms with Gasteiger partial charge in [-0.25, -0.2) is 4.79 Å². The summed E-state index contributed by atoms with van der Waals surface area (Å²) in [5.41, 5.74) is 1.37. The number of aldehydes is 1. The molecule has 0 bridgehead atoms. The van der Waals surface area contributed by atoms with Crippen LogP contribution in [0.2, 0.25) is 0 Å². The van der Waals surface area contributed by atoms with Gasteiger partial charge in [-0.2, -0.15) is 5.10 Å². The SMILES string of the molecule is CC1c2cc(C=O)nn2CCN1C(=O)NC1CCCCC1. The summed E-state index contributed by atoms with van der Waals surface area (Å²) in [7, 11) is 0. The van der Waals surface area contributed by atoms with Crippen LogP contribution >= 0.6 is 0 Å². The van der Waals surface area contributed by atoms with E-state index in [-0.39, 0.29) is 12.1 Å². The topological polar surface area (TPSA) is 67.2 Å². The minimum atomic E-state index is -0.0523. The zero-order chi connectivity index (χ0) is 14.8. The zero-order valence-electron chi connectivity index (χ0n) is 12.4. The maximum Gasteiger partial charge on any atom is 0.318 e. The van der Waals surface area contributed by atoms with Gasteiger partial charge in [0.2, 0.25) is 0 Å². The Morgan fingerprint density at radius 1 is 1.33 bits per heavy atom. The fourth-order valence-corrected chi connectivity index (χ4v) is 3.36. The van der Waals surface area contributed by atoms with Crippen molar-refractivity contribution in [2.45, 2.75) is 57.7 Å². The molecule has 1 aromatic heterocycles. The summed E-state index contributed by atoms with van der Waals surface area (Å²) in [6.45, 7) is 3.26. The van der Waals surface area contributed by atoms with Gasteiger partial charge in [0.1, 0.15) is 5.69 Å². The van der Waals surface area contributed by atoms with Gasteiger partial charge >= 0.3 is 6.03 Å². The van der Waals surface area contributed by atoms with E-state index in [0.717, 1.165) is 24.8 Å². The molecule has 6 nitrogen and oxygen atoms in total. The molecule has 0 spiro atoms. The number of nitrogens with zero attached hydrogens (tertiary/aromatic N) is 3. The van der Waals surface area contributed by atoms with Crippen LogP contribution in [0, 0.1) is 0 Å². The molecule has 3 rings (SSSR count). The van der Waals surface area contributed by atoms with Crippen LogP contribution in [0.25, 0.3) is 0 Å². The van der Waals surface area contributed by atoms with Crippen LogP contribution in [-0.4, -0.2) is 39.6 Å². The smallest absolute Gasteiger partial charge is 0.318 e. The highest BCUT2D eigenvalue weighted by Crippen LogP contribution is 2.26. The summed E-state index contributed by atoms with van der Waals surface area (Å²) in [6, 6.07) is 2.05. The largest absolute Gasteiger partial charge is 0.335 e. The van der Waals surface area contributed by atoms with Crippen molar-refractivity contribution >= 4 is 12.3 Å². The molecule has 1 N–H and O–H groups in total. The highest BCUT2D eigenvalue weighted by atomic mass is 16.2. The number of fused-ring (bicyclic) bond motifs is 1. The first-order valence-electron chi connectivity index (χ1n) is 7.79. The third-order valence-electron chi connectivity index (χ3n) is 4.59. The number of carbonyl (C=O) groups excluding carboxylic acids is 2. The van der Waals surface area contributed by atoms with Crippen molar-refractivity contribution in [2.24, 2.45) is 0 Å². The molecular weight excluding hydrogens is 268 g/mol. The Labute approximate surface area is 124 Å². The molecule has 1 aromatic rings. The van der Waals surface area contributed by atoms with E-state index in [4.69, 9.17) is 0 Å². The van der Waals surface area contributed by atoms with Gasteiger partial charge in [0.25, 0.3) is 0 Å². The Morgan fingerprint density at radius 3 is 2.81 bits per heavy atom. The number of carbonyl (C=O) groups is 2. The molecule has 6 heteroatoms. The van der Waals surface area contributed by atoms with Crippen molar-refractivity contribution in [3.63, 3.8) is 0 Å². The third-order valence-corrected chi connectivity index (χ3v) is 4.59. The molecule has 1 unspecified atom stereocenters. The van der Waals surface area contributed by atoms with E-state index in [0.29, 0.717) is 24.8 Å². The number of amides is 2. The maximum absolute atomic E-state index is 12.5. The lowest BCUT2D eigenvalue weighted by molar-refractivity contribution is 0.111. The molecule has 2 heterocycles. The standard InChI is InChI=1S/C15H22N4O2/c1-11-14-9-13(10-20)17-19(14)8-7-18(11)15(21)16-12-5-3-2-4-6-12/h9-12H,2-8H2,1H3,(H,16,21). The second kappa shape index (κ2) is 5.87. The van der Waals surface area contributed by atoms with Crippen LogP contribution in [0.1, 0.15) is 61.3 Å². The number of aromatic nitrogens is 2. The van der Waals surface area contributed by atoms with Crippen molar-refractivity contribution in [1.82, 2.24) is 20.0 Å². The highest BCUT2D eigenvalue weighted by Gasteiger charge is 2.30. The van der Waals surface area contributed by atoms with Gasteiger partial charge in [0, 0.05) is 12.6 Å². The minimum absolute atomic E-state index is 0.00880. The highest BCUT2D eigenvalue weighted by molar-refractivity contribution is 5.76. The quantitative estimate of drug-likeness (QED) is 0.848. The van der Waals surface area contributed by atoms with Gasteiger partial charge in [-0.15, -0.1) is 0 Å². The van der Waals surface area contributed by atoms with Crippen molar-refractivity contribution in [2.75, 3.05) is 6.54 Å². The number of hydrogen-bond donors (Lipinski definition) is 1. The zero-order valence-corrected chi connectivity index (χ0v) is 12.4. The predicted molar refractivity (Wildman–Crippen MR) is 78.1 cm³/mol. The summed E-state index contributed by atoms with van der Waals surface area (Å²) in [4.78, 5) is 25.2. The van der Waals surface area contributed by atoms with E-state index in [2.05, 4.69) is 10.4 Å². The number of urea groups is 1. The van der Waals surface area contributed by atoms with E-state index < -0.39 is 0 Å². The molecule has 2 aliphatic rings. The number of rotatable bonds is 2. The molecular formula is C15H22N4O2. The Hall–Kier alpha value is -1.85. The molecule has 114 valence electrons. The fraction of sp³-hybridized carbons (Fsp3) is 0.667. The molecule has 1 saturated carbocycles. The monoisotopic (exact) mass is 290 g/mol. The van der Waals surface area contributed by atoms with Gasteiger partial charge in [-0.1, -0.05) is 19.3 Å². The van der Waals surface area contributed by atoms with Gasteiger partial charge in [-0.05, 0) is 25.8 Å². The Balaban J connectivity index is 1.68. The first-order chi connectivity index (χ1) is 10.2. The number of hydrogen-bond acceptors (Lipinski definition) is 3. The fourth-order valence-electron chi connectivity index (χ4n) is 3.36. The summed E-state index contributed by atoms with van der Waals surface area (Å²) in [6.07, 6.45) is 6.61. The maximum atomic E-state index is 12.5. The lowest BCUT2D eigenvalue weighted by atomic mass is 9.96. The van der Waals surface area contributed by atoms with E-state index in [1.165, 1.54) is 19.3 Å². The van der Waals surface area contributed by atoms with E-state index in [1.807, 2.05) is 16.5 Å². The first-order valence-corrected chi connectivity index (χ1v) is 7.79. The molecule has 2 amide bonds. The lowest BCUT2D eigenvalue weighted by Gasteiger charge is -2.35. The summed E-state index contributed by atoms with van der Waals surface area (Å²) >= 11 is 0. The van der Waals surface area contributed by atoms with Crippen molar-refractivity contribution in [3.8, 4) is 0 Å². The van der Waals surface area contributed by atoms with Gasteiger partial charge < -0.3 is 10.2 Å². The summed E-state index contributed by atoms with van der Waals surface area (Å²) in [5, 5.41) is 7.38.